The second-order valence-electron chi connectivity index (χ2n) is 5.00. The van der Waals surface area contributed by atoms with Crippen molar-refractivity contribution in [3.63, 3.8) is 0 Å². The predicted octanol–water partition coefficient (Wildman–Crippen LogP) is 1.45. The molecule has 0 aliphatic rings. The number of rotatable bonds is 4. The van der Waals surface area contributed by atoms with Gasteiger partial charge in [-0.3, -0.25) is 4.79 Å². The third-order valence-electron chi connectivity index (χ3n) is 3.05. The van der Waals surface area contributed by atoms with Crippen LogP contribution in [0.4, 0.5) is 5.82 Å². The number of carbonyl (C=O) groups is 1. The van der Waals surface area contributed by atoms with E-state index >= 15 is 0 Å². The largest absolute Gasteiger partial charge is 0.384 e. The number of nitrogens with one attached hydrogen (secondary N) is 1. The van der Waals surface area contributed by atoms with Crippen molar-refractivity contribution >= 4 is 11.7 Å². The SMILES string of the molecule is CC(C)c1cc(C(=O)NCc2nccn2C)cc(N)n1. The highest BCUT2D eigenvalue weighted by Crippen LogP contribution is 2.16. The molecule has 6 nitrogen and oxygen atoms in total. The molecule has 1 amide bonds. The highest BCUT2D eigenvalue weighted by Gasteiger charge is 2.11. The minimum Gasteiger partial charge on any atom is -0.384 e. The average Bonchev–Trinajstić information content (AvgIpc) is 2.80. The molecule has 0 spiro atoms. The minimum atomic E-state index is -0.177. The van der Waals surface area contributed by atoms with Gasteiger partial charge in [-0.2, -0.15) is 0 Å². The van der Waals surface area contributed by atoms with Crippen molar-refractivity contribution in [3.05, 3.63) is 41.6 Å². The molecule has 3 N–H and O–H groups in total. The number of hydrogen-bond acceptors (Lipinski definition) is 4. The number of aryl methyl sites for hydroxylation is 1. The fourth-order valence-electron chi connectivity index (χ4n) is 1.83. The number of aromatic nitrogens is 3. The molecule has 0 aliphatic heterocycles. The number of nitrogens with zero attached hydrogens (tertiary/aromatic N) is 3. The van der Waals surface area contributed by atoms with Crippen molar-refractivity contribution in [2.45, 2.75) is 26.3 Å². The van der Waals surface area contributed by atoms with Crippen LogP contribution in [-0.4, -0.2) is 20.4 Å². The maximum absolute atomic E-state index is 12.1. The first-order valence-electron chi connectivity index (χ1n) is 6.49. The van der Waals surface area contributed by atoms with Crippen LogP contribution in [0.2, 0.25) is 0 Å². The maximum atomic E-state index is 12.1. The lowest BCUT2D eigenvalue weighted by molar-refractivity contribution is 0.0949. The van der Waals surface area contributed by atoms with E-state index in [-0.39, 0.29) is 11.8 Å². The van der Waals surface area contributed by atoms with E-state index < -0.39 is 0 Å². The zero-order chi connectivity index (χ0) is 14.7. The summed E-state index contributed by atoms with van der Waals surface area (Å²) in [5.74, 6) is 1.20. The van der Waals surface area contributed by atoms with Gasteiger partial charge in [-0.15, -0.1) is 0 Å². The van der Waals surface area contributed by atoms with Gasteiger partial charge >= 0.3 is 0 Å². The third kappa shape index (κ3) is 3.14. The molecular formula is C14H19N5O. The number of anilines is 1. The zero-order valence-corrected chi connectivity index (χ0v) is 11.9. The lowest BCUT2D eigenvalue weighted by Gasteiger charge is -2.09. The lowest BCUT2D eigenvalue weighted by atomic mass is 10.1. The molecule has 2 aromatic heterocycles. The van der Waals surface area contributed by atoms with Crippen LogP contribution in [0.1, 0.15) is 41.6 Å². The summed E-state index contributed by atoms with van der Waals surface area (Å²) in [5, 5.41) is 2.83. The first-order valence-corrected chi connectivity index (χ1v) is 6.49. The molecule has 0 saturated heterocycles. The summed E-state index contributed by atoms with van der Waals surface area (Å²) in [5.41, 5.74) is 7.08. The van der Waals surface area contributed by atoms with Crippen LogP contribution in [0.25, 0.3) is 0 Å². The molecule has 6 heteroatoms. The average molecular weight is 273 g/mol. The molecule has 0 saturated carbocycles. The summed E-state index contributed by atoms with van der Waals surface area (Å²) in [6.07, 6.45) is 3.53. The smallest absolute Gasteiger partial charge is 0.251 e. The minimum absolute atomic E-state index is 0.177. The highest BCUT2D eigenvalue weighted by molar-refractivity contribution is 5.94. The fourth-order valence-corrected chi connectivity index (χ4v) is 1.83. The van der Waals surface area contributed by atoms with Gasteiger partial charge in [-0.05, 0) is 18.1 Å². The van der Waals surface area contributed by atoms with Crippen molar-refractivity contribution in [2.75, 3.05) is 5.73 Å². The van der Waals surface area contributed by atoms with Gasteiger partial charge in [0.1, 0.15) is 11.6 Å². The van der Waals surface area contributed by atoms with E-state index in [0.29, 0.717) is 17.9 Å². The number of carbonyl (C=O) groups excluding carboxylic acids is 1. The molecule has 106 valence electrons. The second kappa shape index (κ2) is 5.73. The fraction of sp³-hybridized carbons (Fsp3) is 0.357. The normalized spacial score (nSPS) is 10.8. The number of amides is 1. The van der Waals surface area contributed by atoms with Crippen LogP contribution in [0.3, 0.4) is 0 Å². The van der Waals surface area contributed by atoms with E-state index in [0.717, 1.165) is 11.5 Å². The van der Waals surface area contributed by atoms with Crippen molar-refractivity contribution in [1.82, 2.24) is 19.9 Å². The van der Waals surface area contributed by atoms with Gasteiger partial charge in [0.15, 0.2) is 0 Å². The van der Waals surface area contributed by atoms with Gasteiger partial charge in [-0.1, -0.05) is 13.8 Å². The molecule has 0 aromatic carbocycles. The van der Waals surface area contributed by atoms with Crippen molar-refractivity contribution in [2.24, 2.45) is 7.05 Å². The Bertz CT molecular complexity index is 618. The summed E-state index contributed by atoms with van der Waals surface area (Å²) in [4.78, 5) is 20.5. The summed E-state index contributed by atoms with van der Waals surface area (Å²) in [7, 11) is 1.88. The molecule has 2 heterocycles. The van der Waals surface area contributed by atoms with Crippen LogP contribution in [-0.2, 0) is 13.6 Å². The number of hydrogen-bond donors (Lipinski definition) is 2. The van der Waals surface area contributed by atoms with Crippen LogP contribution < -0.4 is 11.1 Å². The van der Waals surface area contributed by atoms with Gasteiger partial charge in [0.2, 0.25) is 0 Å². The molecule has 0 radical (unpaired) electrons. The summed E-state index contributed by atoms with van der Waals surface area (Å²) in [6, 6.07) is 3.36. The number of nitrogen functional groups attached to an aromatic ring is 1. The molecule has 0 bridgehead atoms. The van der Waals surface area contributed by atoms with E-state index in [2.05, 4.69) is 15.3 Å². The van der Waals surface area contributed by atoms with Crippen molar-refractivity contribution in [1.29, 1.82) is 0 Å². The Morgan fingerprint density at radius 1 is 1.45 bits per heavy atom. The van der Waals surface area contributed by atoms with Crippen LogP contribution in [0.5, 0.6) is 0 Å². The number of pyridine rings is 1. The zero-order valence-electron chi connectivity index (χ0n) is 11.9. The van der Waals surface area contributed by atoms with E-state index in [9.17, 15) is 4.79 Å². The number of imidazole rings is 1. The molecule has 20 heavy (non-hydrogen) atoms. The van der Waals surface area contributed by atoms with E-state index in [4.69, 9.17) is 5.73 Å². The van der Waals surface area contributed by atoms with Crippen molar-refractivity contribution < 1.29 is 4.79 Å². The monoisotopic (exact) mass is 273 g/mol. The molecular weight excluding hydrogens is 254 g/mol. The van der Waals surface area contributed by atoms with E-state index in [1.54, 1.807) is 18.3 Å². The Kier molecular flexibility index (Phi) is 4.02. The van der Waals surface area contributed by atoms with Gasteiger partial charge in [-0.25, -0.2) is 9.97 Å². The van der Waals surface area contributed by atoms with Crippen LogP contribution in [0.15, 0.2) is 24.5 Å². The topological polar surface area (TPSA) is 85.8 Å². The highest BCUT2D eigenvalue weighted by atomic mass is 16.1. The standard InChI is InChI=1S/C14H19N5O/c1-9(2)11-6-10(7-12(15)18-11)14(20)17-8-13-16-4-5-19(13)3/h4-7,9H,8H2,1-3H3,(H2,15,18)(H,17,20). The lowest BCUT2D eigenvalue weighted by Crippen LogP contribution is -2.24. The predicted molar refractivity (Wildman–Crippen MR) is 77.1 cm³/mol. The Balaban J connectivity index is 2.11. The maximum Gasteiger partial charge on any atom is 0.251 e. The molecule has 0 fully saturated rings. The van der Waals surface area contributed by atoms with E-state index in [1.165, 1.54) is 0 Å². The van der Waals surface area contributed by atoms with Gasteiger partial charge < -0.3 is 15.6 Å². The third-order valence-corrected chi connectivity index (χ3v) is 3.05. The number of nitrogens with two attached hydrogens (primary N) is 1. The van der Waals surface area contributed by atoms with Crippen molar-refractivity contribution in [3.8, 4) is 0 Å². The molecule has 2 rings (SSSR count). The summed E-state index contributed by atoms with van der Waals surface area (Å²) >= 11 is 0. The Morgan fingerprint density at radius 3 is 2.80 bits per heavy atom. The first kappa shape index (κ1) is 14.0. The van der Waals surface area contributed by atoms with Crippen LogP contribution >= 0.6 is 0 Å². The van der Waals surface area contributed by atoms with Crippen LogP contribution in [0, 0.1) is 0 Å². The van der Waals surface area contributed by atoms with Gasteiger partial charge in [0.25, 0.3) is 5.91 Å². The first-order chi connectivity index (χ1) is 9.47. The Morgan fingerprint density at radius 2 is 2.20 bits per heavy atom. The second-order valence-corrected chi connectivity index (χ2v) is 5.00. The van der Waals surface area contributed by atoms with Gasteiger partial charge in [0.05, 0.1) is 6.54 Å². The Hall–Kier alpha value is -2.37. The molecule has 0 aliphatic carbocycles. The van der Waals surface area contributed by atoms with E-state index in [1.807, 2.05) is 31.7 Å². The Labute approximate surface area is 118 Å². The summed E-state index contributed by atoms with van der Waals surface area (Å²) < 4.78 is 1.86. The molecule has 2 aromatic rings. The molecule has 0 atom stereocenters. The quantitative estimate of drug-likeness (QED) is 0.882. The molecule has 0 unspecified atom stereocenters. The van der Waals surface area contributed by atoms with Gasteiger partial charge in [0, 0.05) is 30.7 Å². The summed E-state index contributed by atoms with van der Waals surface area (Å²) in [6.45, 7) is 4.40.